The molecule has 0 heterocycles. The van der Waals surface area contributed by atoms with Crippen LogP contribution in [-0.2, 0) is 0 Å². The van der Waals surface area contributed by atoms with Crippen LogP contribution in [-0.4, -0.2) is 14.2 Å². The molecule has 1 atom stereocenters. The molecule has 0 amide bonds. The number of benzene rings is 2. The van der Waals surface area contributed by atoms with E-state index >= 15 is 0 Å². The third-order valence-corrected chi connectivity index (χ3v) is 4.07. The van der Waals surface area contributed by atoms with Crippen molar-refractivity contribution < 1.29 is 4.74 Å². The Bertz CT molecular complexity index is 623. The van der Waals surface area contributed by atoms with Crippen molar-refractivity contribution in [1.29, 1.82) is 0 Å². The van der Waals surface area contributed by atoms with Crippen molar-refractivity contribution in [3.8, 4) is 5.75 Å². The largest absolute Gasteiger partial charge is 0.496 e. The smallest absolute Gasteiger partial charge is 0.121 e. The third kappa shape index (κ3) is 3.11. The van der Waals surface area contributed by atoms with Crippen LogP contribution in [0, 0.1) is 27.7 Å². The second-order valence-electron chi connectivity index (χ2n) is 5.76. The van der Waals surface area contributed by atoms with Crippen molar-refractivity contribution in [1.82, 2.24) is 5.32 Å². The number of hydrogen-bond acceptors (Lipinski definition) is 2. The van der Waals surface area contributed by atoms with Crippen molar-refractivity contribution in [2.24, 2.45) is 0 Å². The lowest BCUT2D eigenvalue weighted by atomic mass is 9.89. The summed E-state index contributed by atoms with van der Waals surface area (Å²) in [4.78, 5) is 0. The summed E-state index contributed by atoms with van der Waals surface area (Å²) in [6, 6.07) is 11.1. The third-order valence-electron chi connectivity index (χ3n) is 4.07. The van der Waals surface area contributed by atoms with Crippen LogP contribution in [0.15, 0.2) is 30.3 Å². The molecule has 112 valence electrons. The molecule has 0 spiro atoms. The average Bonchev–Trinajstić information content (AvgIpc) is 2.42. The maximum atomic E-state index is 5.36. The fraction of sp³-hybridized carbons (Fsp3) is 0.368. The van der Waals surface area contributed by atoms with E-state index in [1.807, 2.05) is 13.1 Å². The molecule has 0 aliphatic carbocycles. The highest BCUT2D eigenvalue weighted by Crippen LogP contribution is 2.31. The molecular formula is C19H25NO. The molecule has 0 bridgehead atoms. The van der Waals surface area contributed by atoms with Crippen molar-refractivity contribution in [2.45, 2.75) is 33.7 Å². The van der Waals surface area contributed by atoms with Gasteiger partial charge in [0, 0.05) is 0 Å². The Morgan fingerprint density at radius 3 is 2.00 bits per heavy atom. The molecule has 2 aromatic carbocycles. The fourth-order valence-electron chi connectivity index (χ4n) is 3.21. The molecule has 0 saturated heterocycles. The van der Waals surface area contributed by atoms with E-state index in [0.29, 0.717) is 0 Å². The molecule has 1 N–H and O–H groups in total. The summed E-state index contributed by atoms with van der Waals surface area (Å²) in [6.45, 7) is 8.62. The van der Waals surface area contributed by atoms with Gasteiger partial charge in [-0.25, -0.2) is 0 Å². The number of ether oxygens (including phenoxy) is 1. The van der Waals surface area contributed by atoms with E-state index in [1.54, 1.807) is 7.11 Å². The second-order valence-corrected chi connectivity index (χ2v) is 5.76. The van der Waals surface area contributed by atoms with E-state index < -0.39 is 0 Å². The van der Waals surface area contributed by atoms with Gasteiger partial charge in [0.25, 0.3) is 0 Å². The first-order chi connectivity index (χ1) is 9.97. The van der Waals surface area contributed by atoms with E-state index in [-0.39, 0.29) is 6.04 Å². The van der Waals surface area contributed by atoms with Gasteiger partial charge in [-0.05, 0) is 68.6 Å². The summed E-state index contributed by atoms with van der Waals surface area (Å²) >= 11 is 0. The Morgan fingerprint density at radius 2 is 1.52 bits per heavy atom. The average molecular weight is 283 g/mol. The molecule has 2 rings (SSSR count). The van der Waals surface area contributed by atoms with Gasteiger partial charge < -0.3 is 10.1 Å². The van der Waals surface area contributed by atoms with Crippen LogP contribution < -0.4 is 10.1 Å². The van der Waals surface area contributed by atoms with Crippen LogP contribution in [0.2, 0.25) is 0 Å². The Morgan fingerprint density at radius 1 is 0.905 bits per heavy atom. The van der Waals surface area contributed by atoms with Gasteiger partial charge in [-0.2, -0.15) is 0 Å². The van der Waals surface area contributed by atoms with Crippen LogP contribution in [0.4, 0.5) is 0 Å². The molecule has 1 unspecified atom stereocenters. The number of hydrogen-bond donors (Lipinski definition) is 1. The van der Waals surface area contributed by atoms with Gasteiger partial charge in [-0.1, -0.05) is 29.8 Å². The van der Waals surface area contributed by atoms with Crippen molar-refractivity contribution >= 4 is 0 Å². The molecular weight excluding hydrogens is 258 g/mol. The van der Waals surface area contributed by atoms with E-state index in [9.17, 15) is 0 Å². The maximum Gasteiger partial charge on any atom is 0.121 e. The van der Waals surface area contributed by atoms with Gasteiger partial charge in [0.2, 0.25) is 0 Å². The lowest BCUT2D eigenvalue weighted by Crippen LogP contribution is -2.20. The van der Waals surface area contributed by atoms with Crippen LogP contribution in [0.3, 0.4) is 0 Å². The van der Waals surface area contributed by atoms with Gasteiger partial charge >= 0.3 is 0 Å². The molecule has 0 aromatic heterocycles. The Hall–Kier alpha value is -1.80. The monoisotopic (exact) mass is 283 g/mol. The fourth-order valence-corrected chi connectivity index (χ4v) is 3.21. The maximum absolute atomic E-state index is 5.36. The molecule has 0 aliphatic heterocycles. The number of rotatable bonds is 4. The molecule has 2 nitrogen and oxygen atoms in total. The summed E-state index contributed by atoms with van der Waals surface area (Å²) in [6.07, 6.45) is 0. The first-order valence-electron chi connectivity index (χ1n) is 7.37. The minimum atomic E-state index is 0.204. The highest BCUT2D eigenvalue weighted by atomic mass is 16.5. The van der Waals surface area contributed by atoms with Crippen molar-refractivity contribution in [2.75, 3.05) is 14.2 Å². The predicted octanol–water partition coefficient (Wildman–Crippen LogP) is 4.24. The minimum Gasteiger partial charge on any atom is -0.496 e. The Balaban J connectivity index is 2.52. The molecule has 2 aromatic rings. The quantitative estimate of drug-likeness (QED) is 0.906. The Labute approximate surface area is 128 Å². The van der Waals surface area contributed by atoms with Crippen molar-refractivity contribution in [3.05, 3.63) is 63.7 Å². The van der Waals surface area contributed by atoms with Crippen molar-refractivity contribution in [3.63, 3.8) is 0 Å². The van der Waals surface area contributed by atoms with E-state index in [0.717, 1.165) is 11.3 Å². The summed E-state index contributed by atoms with van der Waals surface area (Å²) in [7, 11) is 3.73. The summed E-state index contributed by atoms with van der Waals surface area (Å²) in [5.74, 6) is 0.936. The van der Waals surface area contributed by atoms with E-state index in [1.165, 1.54) is 27.8 Å². The number of nitrogens with one attached hydrogen (secondary N) is 1. The lowest BCUT2D eigenvalue weighted by molar-refractivity contribution is 0.411. The highest BCUT2D eigenvalue weighted by Gasteiger charge is 2.17. The van der Waals surface area contributed by atoms with Gasteiger partial charge in [0.15, 0.2) is 0 Å². The molecule has 0 fully saturated rings. The van der Waals surface area contributed by atoms with E-state index in [4.69, 9.17) is 4.74 Å². The highest BCUT2D eigenvalue weighted by molar-refractivity contribution is 5.46. The molecule has 21 heavy (non-hydrogen) atoms. The van der Waals surface area contributed by atoms with Gasteiger partial charge in [0.05, 0.1) is 13.2 Å². The Kier molecular flexibility index (Phi) is 4.69. The van der Waals surface area contributed by atoms with Gasteiger partial charge in [-0.3, -0.25) is 0 Å². The molecule has 0 saturated carbocycles. The zero-order valence-electron chi connectivity index (χ0n) is 13.9. The molecule has 2 heteroatoms. The van der Waals surface area contributed by atoms with Gasteiger partial charge in [0.1, 0.15) is 5.75 Å². The van der Waals surface area contributed by atoms with Crippen LogP contribution in [0.25, 0.3) is 0 Å². The standard InChI is InChI=1S/C19H25NO/c1-12-9-14(3)18(15(4)10-12)19(20-5)16-7-8-17(21-6)13(2)11-16/h7-11,19-20H,1-6H3. The van der Waals surface area contributed by atoms with Crippen LogP contribution in [0.1, 0.15) is 39.4 Å². The molecule has 0 radical (unpaired) electrons. The zero-order valence-corrected chi connectivity index (χ0v) is 13.9. The topological polar surface area (TPSA) is 21.3 Å². The van der Waals surface area contributed by atoms with Crippen LogP contribution >= 0.6 is 0 Å². The van der Waals surface area contributed by atoms with Crippen LogP contribution in [0.5, 0.6) is 5.75 Å². The first-order valence-corrected chi connectivity index (χ1v) is 7.37. The summed E-state index contributed by atoms with van der Waals surface area (Å²) in [5.41, 5.74) is 7.78. The zero-order chi connectivity index (χ0) is 15.6. The first kappa shape index (κ1) is 15.6. The summed E-state index contributed by atoms with van der Waals surface area (Å²) in [5, 5.41) is 3.46. The summed E-state index contributed by atoms with van der Waals surface area (Å²) < 4.78 is 5.36. The normalized spacial score (nSPS) is 12.3. The number of methoxy groups -OCH3 is 1. The lowest BCUT2D eigenvalue weighted by Gasteiger charge is -2.23. The van der Waals surface area contributed by atoms with Gasteiger partial charge in [-0.15, -0.1) is 0 Å². The van der Waals surface area contributed by atoms with E-state index in [2.05, 4.69) is 57.3 Å². The number of aryl methyl sites for hydroxylation is 4. The molecule has 0 aliphatic rings. The minimum absolute atomic E-state index is 0.204. The predicted molar refractivity (Wildman–Crippen MR) is 89.3 cm³/mol. The SMILES string of the molecule is CNC(c1ccc(OC)c(C)c1)c1c(C)cc(C)cc1C. The second kappa shape index (κ2) is 6.31.